The summed E-state index contributed by atoms with van der Waals surface area (Å²) in [6, 6.07) is 4.88. The van der Waals surface area contributed by atoms with E-state index in [0.717, 1.165) is 42.7 Å². The SMILES string of the molecule is CC(=CC=COc1ccc(F)cc1C(F)(F)F)NC(=O)c1c(F)cccc1F. The molecule has 0 aliphatic rings. The average molecular weight is 401 g/mol. The van der Waals surface area contributed by atoms with E-state index in [0.29, 0.717) is 6.07 Å². The maximum Gasteiger partial charge on any atom is 0.420 e. The first kappa shape index (κ1) is 21.1. The fourth-order valence-electron chi connectivity index (χ4n) is 2.12. The Balaban J connectivity index is 2.06. The van der Waals surface area contributed by atoms with Crippen LogP contribution in [-0.2, 0) is 6.18 Å². The second-order valence-electron chi connectivity index (χ2n) is 5.49. The summed E-state index contributed by atoms with van der Waals surface area (Å²) < 4.78 is 83.5. The van der Waals surface area contributed by atoms with E-state index in [9.17, 15) is 31.1 Å². The number of alkyl halides is 3. The van der Waals surface area contributed by atoms with Gasteiger partial charge >= 0.3 is 6.18 Å². The Morgan fingerprint density at radius 1 is 1.07 bits per heavy atom. The van der Waals surface area contributed by atoms with Crippen molar-refractivity contribution in [3.8, 4) is 5.75 Å². The standard InChI is InChI=1S/C19H13F6NO2/c1-11(26-18(27)17-14(21)5-2-6-15(17)22)4-3-9-28-16-8-7-12(20)10-13(16)19(23,24)25/h2-10H,1H3,(H,26,27). The molecule has 0 heterocycles. The van der Waals surface area contributed by atoms with Crippen LogP contribution >= 0.6 is 0 Å². The number of hydrogen-bond acceptors (Lipinski definition) is 2. The summed E-state index contributed by atoms with van der Waals surface area (Å²) in [6.07, 6.45) is -1.55. The molecule has 0 saturated carbocycles. The first-order chi connectivity index (χ1) is 13.1. The highest BCUT2D eigenvalue weighted by Gasteiger charge is 2.34. The average Bonchev–Trinajstić information content (AvgIpc) is 2.58. The molecule has 2 aromatic rings. The van der Waals surface area contributed by atoms with Gasteiger partial charge in [0.1, 0.15) is 34.3 Å². The van der Waals surface area contributed by atoms with Crippen molar-refractivity contribution in [3.63, 3.8) is 0 Å². The molecular weight excluding hydrogens is 388 g/mol. The summed E-state index contributed by atoms with van der Waals surface area (Å²) in [5.74, 6) is -4.80. The summed E-state index contributed by atoms with van der Waals surface area (Å²) in [7, 11) is 0. The molecule has 0 aromatic heterocycles. The van der Waals surface area contributed by atoms with Crippen LogP contribution in [0.3, 0.4) is 0 Å². The first-order valence-electron chi connectivity index (χ1n) is 7.72. The zero-order valence-electron chi connectivity index (χ0n) is 14.3. The lowest BCUT2D eigenvalue weighted by atomic mass is 10.2. The van der Waals surface area contributed by atoms with Crippen molar-refractivity contribution in [1.82, 2.24) is 5.32 Å². The number of hydrogen-bond donors (Lipinski definition) is 1. The molecule has 2 rings (SSSR count). The molecule has 0 radical (unpaired) electrons. The molecule has 0 unspecified atom stereocenters. The second-order valence-corrected chi connectivity index (χ2v) is 5.49. The summed E-state index contributed by atoms with van der Waals surface area (Å²) in [5.41, 5.74) is -1.92. The highest BCUT2D eigenvalue weighted by molar-refractivity contribution is 5.95. The van der Waals surface area contributed by atoms with E-state index in [-0.39, 0.29) is 5.70 Å². The predicted molar refractivity (Wildman–Crippen MR) is 88.8 cm³/mol. The predicted octanol–water partition coefficient (Wildman–Crippen LogP) is 5.35. The number of rotatable bonds is 5. The summed E-state index contributed by atoms with van der Waals surface area (Å²) >= 11 is 0. The van der Waals surface area contributed by atoms with Crippen LogP contribution < -0.4 is 10.1 Å². The molecule has 2 aromatic carbocycles. The maximum atomic E-state index is 13.5. The number of nitrogens with one attached hydrogen (secondary N) is 1. The third-order valence-electron chi connectivity index (χ3n) is 3.37. The smallest absolute Gasteiger partial charge is 0.420 e. The van der Waals surface area contributed by atoms with Gasteiger partial charge in [0, 0.05) is 5.70 Å². The van der Waals surface area contributed by atoms with Crippen LogP contribution in [0.15, 0.2) is 60.5 Å². The van der Waals surface area contributed by atoms with Gasteiger partial charge in [-0.05, 0) is 49.4 Å². The third-order valence-corrected chi connectivity index (χ3v) is 3.37. The lowest BCUT2D eigenvalue weighted by Crippen LogP contribution is -2.23. The molecular formula is C19H13F6NO2. The van der Waals surface area contributed by atoms with Crippen molar-refractivity contribution in [2.45, 2.75) is 13.1 Å². The Morgan fingerprint density at radius 3 is 2.32 bits per heavy atom. The Kier molecular flexibility index (Phi) is 6.50. The van der Waals surface area contributed by atoms with E-state index in [1.807, 2.05) is 0 Å². The van der Waals surface area contributed by atoms with Crippen LogP contribution in [0.5, 0.6) is 5.75 Å². The van der Waals surface area contributed by atoms with Crippen molar-refractivity contribution in [2.75, 3.05) is 0 Å². The van der Waals surface area contributed by atoms with Gasteiger partial charge in [-0.15, -0.1) is 0 Å². The van der Waals surface area contributed by atoms with Crippen molar-refractivity contribution < 1.29 is 35.9 Å². The molecule has 1 N–H and O–H groups in total. The molecule has 148 valence electrons. The molecule has 0 aliphatic heterocycles. The Hall–Kier alpha value is -3.23. The lowest BCUT2D eigenvalue weighted by Gasteiger charge is -2.11. The minimum atomic E-state index is -4.81. The molecule has 0 saturated heterocycles. The Morgan fingerprint density at radius 2 is 1.71 bits per heavy atom. The van der Waals surface area contributed by atoms with Crippen LogP contribution in [0, 0.1) is 17.5 Å². The molecule has 9 heteroatoms. The molecule has 28 heavy (non-hydrogen) atoms. The number of ether oxygens (including phenoxy) is 1. The summed E-state index contributed by atoms with van der Waals surface area (Å²) in [4.78, 5) is 11.9. The van der Waals surface area contributed by atoms with Gasteiger partial charge in [0.25, 0.3) is 5.91 Å². The van der Waals surface area contributed by atoms with Gasteiger partial charge in [-0.3, -0.25) is 4.79 Å². The van der Waals surface area contributed by atoms with Crippen LogP contribution in [0.25, 0.3) is 0 Å². The second kappa shape index (κ2) is 8.64. The number of halogens is 6. The van der Waals surface area contributed by atoms with Gasteiger partial charge in [0.05, 0.1) is 6.26 Å². The summed E-state index contributed by atoms with van der Waals surface area (Å²) in [5, 5.41) is 2.23. The highest BCUT2D eigenvalue weighted by Crippen LogP contribution is 2.36. The van der Waals surface area contributed by atoms with Crippen molar-refractivity contribution >= 4 is 5.91 Å². The number of carbonyl (C=O) groups is 1. The molecule has 3 nitrogen and oxygen atoms in total. The molecule has 0 aliphatic carbocycles. The van der Waals surface area contributed by atoms with Crippen LogP contribution in [0.4, 0.5) is 26.3 Å². The number of benzene rings is 2. The van der Waals surface area contributed by atoms with E-state index in [1.165, 1.54) is 13.0 Å². The topological polar surface area (TPSA) is 38.3 Å². The zero-order chi connectivity index (χ0) is 20.9. The fourth-order valence-corrected chi connectivity index (χ4v) is 2.12. The molecule has 1 amide bonds. The van der Waals surface area contributed by atoms with E-state index in [2.05, 4.69) is 5.32 Å². The fraction of sp³-hybridized carbons (Fsp3) is 0.105. The van der Waals surface area contributed by atoms with Crippen LogP contribution in [0.1, 0.15) is 22.8 Å². The van der Waals surface area contributed by atoms with Gasteiger partial charge in [0.15, 0.2) is 0 Å². The van der Waals surface area contributed by atoms with Gasteiger partial charge < -0.3 is 10.1 Å². The lowest BCUT2D eigenvalue weighted by molar-refractivity contribution is -0.138. The molecule has 0 bridgehead atoms. The first-order valence-corrected chi connectivity index (χ1v) is 7.72. The van der Waals surface area contributed by atoms with Crippen molar-refractivity contribution in [3.05, 3.63) is 89.1 Å². The molecule has 0 fully saturated rings. The monoisotopic (exact) mass is 401 g/mol. The maximum absolute atomic E-state index is 13.5. The minimum absolute atomic E-state index is 0.141. The Labute approximate surface area is 155 Å². The van der Waals surface area contributed by atoms with Crippen LogP contribution in [-0.4, -0.2) is 5.91 Å². The normalized spacial score (nSPS) is 12.3. The van der Waals surface area contributed by atoms with Gasteiger partial charge in [0.2, 0.25) is 0 Å². The number of carbonyl (C=O) groups excluding carboxylic acids is 1. The van der Waals surface area contributed by atoms with Gasteiger partial charge in [-0.1, -0.05) is 6.07 Å². The highest BCUT2D eigenvalue weighted by atomic mass is 19.4. The van der Waals surface area contributed by atoms with E-state index >= 15 is 0 Å². The van der Waals surface area contributed by atoms with Crippen molar-refractivity contribution in [1.29, 1.82) is 0 Å². The zero-order valence-corrected chi connectivity index (χ0v) is 14.3. The summed E-state index contributed by atoms with van der Waals surface area (Å²) in [6.45, 7) is 1.39. The van der Waals surface area contributed by atoms with E-state index in [4.69, 9.17) is 4.74 Å². The largest absolute Gasteiger partial charge is 0.464 e. The molecule has 0 spiro atoms. The number of allylic oxidation sites excluding steroid dienone is 3. The number of amides is 1. The van der Waals surface area contributed by atoms with E-state index in [1.54, 1.807) is 0 Å². The van der Waals surface area contributed by atoms with E-state index < -0.39 is 46.4 Å². The van der Waals surface area contributed by atoms with Crippen molar-refractivity contribution in [2.24, 2.45) is 0 Å². The Bertz CT molecular complexity index is 914. The molecule has 0 atom stereocenters. The quantitative estimate of drug-likeness (QED) is 0.417. The third kappa shape index (κ3) is 5.38. The minimum Gasteiger partial charge on any atom is -0.464 e. The van der Waals surface area contributed by atoms with Gasteiger partial charge in [-0.2, -0.15) is 13.2 Å². The van der Waals surface area contributed by atoms with Crippen LogP contribution in [0.2, 0.25) is 0 Å². The van der Waals surface area contributed by atoms with Gasteiger partial charge in [-0.25, -0.2) is 13.2 Å².